The van der Waals surface area contributed by atoms with Crippen LogP contribution in [0.3, 0.4) is 0 Å². The predicted octanol–water partition coefficient (Wildman–Crippen LogP) is 6.04. The summed E-state index contributed by atoms with van der Waals surface area (Å²) in [7, 11) is 1.70. The van der Waals surface area contributed by atoms with Crippen LogP contribution in [-0.2, 0) is 10.2 Å². The van der Waals surface area contributed by atoms with E-state index in [1.807, 2.05) is 12.1 Å². The molecule has 0 radical (unpaired) electrons. The number of unbranched alkanes of at least 4 members (excludes halogenated alkanes) is 2. The number of hydrogen-bond donors (Lipinski definition) is 1. The van der Waals surface area contributed by atoms with Crippen LogP contribution in [0.1, 0.15) is 50.5 Å². The maximum Gasteiger partial charge on any atom is 0.138 e. The van der Waals surface area contributed by atoms with Gasteiger partial charge in [0.05, 0.1) is 7.11 Å². The smallest absolute Gasteiger partial charge is 0.138 e. The molecule has 0 unspecified atom stereocenters. The number of ketones is 1. The van der Waals surface area contributed by atoms with Crippen molar-refractivity contribution in [3.63, 3.8) is 0 Å². The van der Waals surface area contributed by atoms with Crippen LogP contribution < -0.4 is 15.0 Å². The molecule has 0 amide bonds. The SMILES string of the molecule is COc1ccc(N2CC[C@@H]3CC(=O)[C@H](CCC#CCCCCCl)[C@@H]4Nc5ccccc5[C@]34C2)cc1. The minimum atomic E-state index is -0.0683. The van der Waals surface area contributed by atoms with Crippen molar-refractivity contribution < 1.29 is 9.53 Å². The number of carbonyl (C=O) groups excluding carboxylic acids is 1. The zero-order valence-electron chi connectivity index (χ0n) is 20.6. The summed E-state index contributed by atoms with van der Waals surface area (Å²) in [6.45, 7) is 1.89. The van der Waals surface area contributed by atoms with Crippen molar-refractivity contribution >= 4 is 28.8 Å². The molecule has 0 aromatic heterocycles. The first-order valence-corrected chi connectivity index (χ1v) is 13.5. The first kappa shape index (κ1) is 24.1. The van der Waals surface area contributed by atoms with Gasteiger partial charge in [-0.15, -0.1) is 23.4 Å². The fourth-order valence-electron chi connectivity index (χ4n) is 6.61. The summed E-state index contributed by atoms with van der Waals surface area (Å²) in [5, 5.41) is 3.84. The molecule has 5 rings (SSSR count). The molecule has 35 heavy (non-hydrogen) atoms. The van der Waals surface area contributed by atoms with Gasteiger partial charge in [0.2, 0.25) is 0 Å². The molecule has 2 heterocycles. The van der Waals surface area contributed by atoms with Crippen molar-refractivity contribution in [1.29, 1.82) is 0 Å². The molecule has 0 bridgehead atoms. The number of Topliss-reactive ketones (excluding diaryl/α,β-unsaturated/α-hetero) is 1. The van der Waals surface area contributed by atoms with Crippen LogP contribution in [0.2, 0.25) is 0 Å². The van der Waals surface area contributed by atoms with Crippen molar-refractivity contribution in [2.24, 2.45) is 11.8 Å². The Hall–Kier alpha value is -2.64. The summed E-state index contributed by atoms with van der Waals surface area (Å²) in [5.74, 6) is 8.96. The first-order chi connectivity index (χ1) is 17.2. The van der Waals surface area contributed by atoms with Crippen molar-refractivity contribution in [3.05, 3.63) is 54.1 Å². The number of methoxy groups -OCH3 is 1. The average Bonchev–Trinajstić information content (AvgIpc) is 3.22. The van der Waals surface area contributed by atoms with E-state index < -0.39 is 0 Å². The lowest BCUT2D eigenvalue weighted by atomic mass is 9.55. The van der Waals surface area contributed by atoms with Crippen LogP contribution >= 0.6 is 11.6 Å². The van der Waals surface area contributed by atoms with Gasteiger partial charge >= 0.3 is 0 Å². The van der Waals surface area contributed by atoms with Crippen molar-refractivity contribution in [2.75, 3.05) is 36.3 Å². The average molecular weight is 491 g/mol. The van der Waals surface area contributed by atoms with E-state index in [9.17, 15) is 4.79 Å². The molecule has 1 saturated heterocycles. The number of alkyl halides is 1. The van der Waals surface area contributed by atoms with Gasteiger partial charge in [-0.3, -0.25) is 4.79 Å². The largest absolute Gasteiger partial charge is 0.497 e. The fourth-order valence-corrected chi connectivity index (χ4v) is 6.80. The van der Waals surface area contributed by atoms with Gasteiger partial charge in [0.1, 0.15) is 11.5 Å². The van der Waals surface area contributed by atoms with Gasteiger partial charge in [0, 0.05) is 67.0 Å². The number of rotatable bonds is 7. The molecule has 2 aliphatic heterocycles. The monoisotopic (exact) mass is 490 g/mol. The van der Waals surface area contributed by atoms with Gasteiger partial charge in [0.15, 0.2) is 0 Å². The fraction of sp³-hybridized carbons (Fsp3) is 0.500. The van der Waals surface area contributed by atoms with Crippen LogP contribution in [-0.4, -0.2) is 37.9 Å². The summed E-state index contributed by atoms with van der Waals surface area (Å²) >= 11 is 5.77. The number of carbonyl (C=O) groups is 1. The molecule has 2 fully saturated rings. The van der Waals surface area contributed by atoms with E-state index in [1.54, 1.807) is 7.11 Å². The molecule has 4 nitrogen and oxygen atoms in total. The van der Waals surface area contributed by atoms with Crippen molar-refractivity contribution in [3.8, 4) is 17.6 Å². The lowest BCUT2D eigenvalue weighted by Gasteiger charge is -2.54. The van der Waals surface area contributed by atoms with Crippen LogP contribution in [0.15, 0.2) is 48.5 Å². The van der Waals surface area contributed by atoms with Gasteiger partial charge in [-0.1, -0.05) is 18.2 Å². The zero-order chi connectivity index (χ0) is 24.3. The second-order valence-electron chi connectivity index (χ2n) is 10.1. The molecule has 1 aliphatic carbocycles. The first-order valence-electron chi connectivity index (χ1n) is 13.0. The normalized spacial score (nSPS) is 26.6. The number of ether oxygens (including phenoxy) is 1. The maximum absolute atomic E-state index is 13.4. The quantitative estimate of drug-likeness (QED) is 0.292. The number of nitrogens with zero attached hydrogens (tertiary/aromatic N) is 1. The number of hydrogen-bond acceptors (Lipinski definition) is 4. The molecular weight excluding hydrogens is 456 g/mol. The lowest BCUT2D eigenvalue weighted by Crippen LogP contribution is -2.63. The third-order valence-corrected chi connectivity index (χ3v) is 8.58. The van der Waals surface area contributed by atoms with E-state index >= 15 is 0 Å². The molecule has 1 N–H and O–H groups in total. The summed E-state index contributed by atoms with van der Waals surface area (Å²) in [6, 6.07) is 17.2. The molecule has 3 aliphatic rings. The number of fused-ring (bicyclic) bond motifs is 1. The Morgan fingerprint density at radius 1 is 1.11 bits per heavy atom. The maximum atomic E-state index is 13.4. The predicted molar refractivity (Wildman–Crippen MR) is 144 cm³/mol. The van der Waals surface area contributed by atoms with Crippen molar-refractivity contribution in [1.82, 2.24) is 0 Å². The van der Waals surface area contributed by atoms with E-state index in [4.69, 9.17) is 16.3 Å². The Kier molecular flexibility index (Phi) is 7.25. The highest BCUT2D eigenvalue weighted by molar-refractivity contribution is 6.17. The van der Waals surface area contributed by atoms with E-state index in [-0.39, 0.29) is 17.4 Å². The molecule has 4 atom stereocenters. The number of nitrogens with one attached hydrogen (secondary N) is 1. The number of anilines is 2. The Balaban J connectivity index is 1.41. The summed E-state index contributed by atoms with van der Waals surface area (Å²) in [4.78, 5) is 15.9. The minimum absolute atomic E-state index is 0.00777. The Labute approximate surface area is 214 Å². The van der Waals surface area contributed by atoms with Gasteiger partial charge in [-0.05, 0) is 67.5 Å². The molecule has 5 heteroatoms. The lowest BCUT2D eigenvalue weighted by molar-refractivity contribution is -0.129. The summed E-state index contributed by atoms with van der Waals surface area (Å²) in [5.41, 5.74) is 3.74. The van der Waals surface area contributed by atoms with Gasteiger partial charge in [-0.25, -0.2) is 0 Å². The number of benzene rings is 2. The minimum Gasteiger partial charge on any atom is -0.497 e. The third-order valence-electron chi connectivity index (χ3n) is 8.31. The number of piperidine rings is 1. The van der Waals surface area contributed by atoms with E-state index in [1.165, 1.54) is 16.9 Å². The van der Waals surface area contributed by atoms with Crippen LogP contribution in [0.25, 0.3) is 0 Å². The highest BCUT2D eigenvalue weighted by atomic mass is 35.5. The molecule has 1 spiro atoms. The van der Waals surface area contributed by atoms with E-state index in [0.717, 1.165) is 57.4 Å². The second kappa shape index (κ2) is 10.5. The molecular formula is C30H35ClN2O2. The molecule has 2 aromatic rings. The van der Waals surface area contributed by atoms with E-state index in [2.05, 4.69) is 58.5 Å². The van der Waals surface area contributed by atoms with Gasteiger partial charge < -0.3 is 15.0 Å². The number of halogens is 1. The number of para-hydroxylation sites is 1. The Bertz CT molecular complexity index is 1110. The highest BCUT2D eigenvalue weighted by Crippen LogP contribution is 2.56. The zero-order valence-corrected chi connectivity index (χ0v) is 21.3. The molecule has 184 valence electrons. The van der Waals surface area contributed by atoms with Gasteiger partial charge in [-0.2, -0.15) is 0 Å². The Morgan fingerprint density at radius 2 is 1.91 bits per heavy atom. The summed E-state index contributed by atoms with van der Waals surface area (Å²) in [6.07, 6.45) is 6.24. The standard InChI is InChI=1S/C30H35ClN2O2/c1-35-24-15-13-23(14-16-24)33-19-17-22-20-28(34)25(10-6-4-2-3-5-9-18-31)29-30(22,21-33)26-11-7-8-12-27(26)32-29/h7-8,11-16,22,25,29,32H,3,5-6,9-10,17-21H2,1H3/t22-,25+,29+,30+/m1/s1. The van der Waals surface area contributed by atoms with Gasteiger partial charge in [0.25, 0.3) is 0 Å². The van der Waals surface area contributed by atoms with Crippen LogP contribution in [0.5, 0.6) is 5.75 Å². The van der Waals surface area contributed by atoms with E-state index in [0.29, 0.717) is 24.0 Å². The molecule has 1 saturated carbocycles. The third kappa shape index (κ3) is 4.52. The topological polar surface area (TPSA) is 41.6 Å². The highest BCUT2D eigenvalue weighted by Gasteiger charge is 2.60. The second-order valence-corrected chi connectivity index (χ2v) is 10.5. The molecule has 2 aromatic carbocycles. The van der Waals surface area contributed by atoms with Crippen LogP contribution in [0.4, 0.5) is 11.4 Å². The summed E-state index contributed by atoms with van der Waals surface area (Å²) < 4.78 is 5.37. The van der Waals surface area contributed by atoms with Crippen LogP contribution in [0, 0.1) is 23.7 Å². The van der Waals surface area contributed by atoms with Crippen molar-refractivity contribution in [2.45, 2.75) is 56.4 Å². The Morgan fingerprint density at radius 3 is 2.71 bits per heavy atom.